The predicted octanol–water partition coefficient (Wildman–Crippen LogP) is 4.51. The van der Waals surface area contributed by atoms with Crippen LogP contribution < -0.4 is 21.3 Å². The summed E-state index contributed by atoms with van der Waals surface area (Å²) in [6, 6.07) is 13.8. The van der Waals surface area contributed by atoms with Gasteiger partial charge in [0.25, 0.3) is 0 Å². The lowest BCUT2D eigenvalue weighted by Crippen LogP contribution is -2.56. The Kier molecular flexibility index (Phi) is 11.8. The number of carbonyl (C=O) groups is 4. The Labute approximate surface area is 325 Å². The lowest BCUT2D eigenvalue weighted by molar-refractivity contribution is 0.116. The fraction of sp³-hybridized carbons (Fsp3) is 0.526. The second kappa shape index (κ2) is 17.0. The number of fused-ring (bicyclic) bond motifs is 2. The largest absolute Gasteiger partial charge is 0.341 e. The predicted molar refractivity (Wildman–Crippen MR) is 209 cm³/mol. The standard InChI is InChI=1S/C19H25ClN6O2.C19H26N6O2/c1-21-18(27)24-7-2-3-16(12-24)26(15-4-5-15)19(28)22-11-14-10-17-9-13(20)6-8-25(17)23-14;1-20-18(26)24-10-4-5-14(12-24)25(13-8-9-13)19(27)21-11-17-15-6-2-3-7-16(15)22-23-17/h6,8-10,15-16H,2-5,7,11-12H2,1H3,(H,21,27)(H,22,28);2-3,6-7,13-14H,4-5,8-12H2,1H3,(H,20,26)(H,21,27)(H,22,23)/t16-;14-/m11/s1. The van der Waals surface area contributed by atoms with Gasteiger partial charge < -0.3 is 40.9 Å². The molecule has 4 fully saturated rings. The molecule has 0 spiro atoms. The van der Waals surface area contributed by atoms with Crippen LogP contribution in [0.4, 0.5) is 19.2 Å². The number of pyridine rings is 1. The normalized spacial score (nSPS) is 19.6. The van der Waals surface area contributed by atoms with Crippen molar-refractivity contribution in [1.82, 2.24) is 60.7 Å². The van der Waals surface area contributed by atoms with Crippen molar-refractivity contribution in [3.05, 3.63) is 65.1 Å². The van der Waals surface area contributed by atoms with Gasteiger partial charge in [0.1, 0.15) is 0 Å². The molecule has 0 radical (unpaired) electrons. The quantitative estimate of drug-likeness (QED) is 0.176. The molecule has 8 rings (SSSR count). The van der Waals surface area contributed by atoms with Crippen molar-refractivity contribution in [3.8, 4) is 0 Å². The number of para-hydroxylation sites is 1. The van der Waals surface area contributed by atoms with Gasteiger partial charge >= 0.3 is 24.1 Å². The van der Waals surface area contributed by atoms with Crippen LogP contribution in [0.3, 0.4) is 0 Å². The second-order valence-corrected chi connectivity index (χ2v) is 15.2. The molecular formula is C38H51ClN12O4. The number of nitrogens with zero attached hydrogens (tertiary/aromatic N) is 7. The summed E-state index contributed by atoms with van der Waals surface area (Å²) in [5.41, 5.74) is 3.48. The smallest absolute Gasteiger partial charge is 0.318 e. The highest BCUT2D eigenvalue weighted by molar-refractivity contribution is 6.30. The van der Waals surface area contributed by atoms with E-state index >= 15 is 0 Å². The number of piperidine rings is 2. The molecule has 294 valence electrons. The number of halogens is 1. The lowest BCUT2D eigenvalue weighted by Gasteiger charge is -2.39. The van der Waals surface area contributed by atoms with Gasteiger partial charge in [0.15, 0.2) is 0 Å². The van der Waals surface area contributed by atoms with Crippen LogP contribution in [0.1, 0.15) is 62.8 Å². The highest BCUT2D eigenvalue weighted by Gasteiger charge is 2.41. The summed E-state index contributed by atoms with van der Waals surface area (Å²) < 4.78 is 1.74. The van der Waals surface area contributed by atoms with Crippen molar-refractivity contribution in [2.24, 2.45) is 0 Å². The van der Waals surface area contributed by atoms with Gasteiger partial charge in [0.2, 0.25) is 0 Å². The molecule has 1 aromatic carbocycles. The number of H-pyrrole nitrogens is 1. The van der Waals surface area contributed by atoms with Gasteiger partial charge in [-0.25, -0.2) is 23.7 Å². The van der Waals surface area contributed by atoms with Gasteiger partial charge in [-0.15, -0.1) is 0 Å². The summed E-state index contributed by atoms with van der Waals surface area (Å²) >= 11 is 6.02. The van der Waals surface area contributed by atoms with Crippen molar-refractivity contribution >= 4 is 52.1 Å². The van der Waals surface area contributed by atoms with Crippen molar-refractivity contribution in [2.45, 2.75) is 88.6 Å². The molecule has 8 amide bonds. The van der Waals surface area contributed by atoms with E-state index in [1.54, 1.807) is 40.7 Å². The van der Waals surface area contributed by atoms with Gasteiger partial charge in [-0.1, -0.05) is 29.8 Å². The first kappa shape index (κ1) is 38.0. The van der Waals surface area contributed by atoms with E-state index in [1.165, 1.54) is 0 Å². The van der Waals surface area contributed by atoms with E-state index in [4.69, 9.17) is 11.6 Å². The maximum Gasteiger partial charge on any atom is 0.318 e. The van der Waals surface area contributed by atoms with Crippen LogP contribution in [0, 0.1) is 0 Å². The third kappa shape index (κ3) is 9.18. The van der Waals surface area contributed by atoms with Gasteiger partial charge in [-0.3, -0.25) is 5.10 Å². The summed E-state index contributed by atoms with van der Waals surface area (Å²) in [4.78, 5) is 57.4. The van der Waals surface area contributed by atoms with E-state index in [2.05, 4.69) is 36.6 Å². The Bertz CT molecular complexity index is 1990. The molecule has 0 bridgehead atoms. The summed E-state index contributed by atoms with van der Waals surface area (Å²) in [7, 11) is 3.28. The lowest BCUT2D eigenvalue weighted by atomic mass is 10.0. The maximum absolute atomic E-state index is 13.0. The first-order valence-electron chi connectivity index (χ1n) is 19.3. The Morgan fingerprint density at radius 1 is 0.782 bits per heavy atom. The topological polar surface area (TPSA) is 175 Å². The van der Waals surface area contributed by atoms with E-state index in [1.807, 2.05) is 46.2 Å². The number of rotatable bonds is 8. The molecule has 16 nitrogen and oxygen atoms in total. The average molecular weight is 775 g/mol. The van der Waals surface area contributed by atoms with Crippen LogP contribution in [0.15, 0.2) is 48.7 Å². The minimum atomic E-state index is -0.0821. The van der Waals surface area contributed by atoms with Gasteiger partial charge in [0, 0.05) is 69.0 Å². The molecule has 2 atom stereocenters. The summed E-state index contributed by atoms with van der Waals surface area (Å²) in [5, 5.41) is 24.9. The molecule has 3 aromatic heterocycles. The van der Waals surface area contributed by atoms with Crippen molar-refractivity contribution in [2.75, 3.05) is 40.3 Å². The molecule has 2 saturated heterocycles. The molecule has 4 aromatic rings. The Balaban J connectivity index is 0.000000169. The highest BCUT2D eigenvalue weighted by atomic mass is 35.5. The number of amides is 8. The zero-order valence-corrected chi connectivity index (χ0v) is 32.2. The Morgan fingerprint density at radius 3 is 1.95 bits per heavy atom. The molecule has 0 unspecified atom stereocenters. The van der Waals surface area contributed by atoms with Crippen molar-refractivity contribution in [1.29, 1.82) is 0 Å². The summed E-state index contributed by atoms with van der Waals surface area (Å²) in [5.74, 6) is 0. The zero-order chi connectivity index (χ0) is 38.5. The molecule has 2 saturated carbocycles. The van der Waals surface area contributed by atoms with Gasteiger partial charge in [-0.2, -0.15) is 10.2 Å². The van der Waals surface area contributed by atoms with Gasteiger partial charge in [0.05, 0.1) is 47.6 Å². The first-order chi connectivity index (χ1) is 26.7. The summed E-state index contributed by atoms with van der Waals surface area (Å²) in [6.45, 7) is 3.42. The number of aromatic amines is 1. The van der Waals surface area contributed by atoms with E-state index < -0.39 is 0 Å². The van der Waals surface area contributed by atoms with E-state index in [-0.39, 0.29) is 48.3 Å². The number of aromatic nitrogens is 4. The number of hydrogen-bond donors (Lipinski definition) is 5. The van der Waals surface area contributed by atoms with E-state index in [0.29, 0.717) is 31.2 Å². The third-order valence-corrected chi connectivity index (χ3v) is 11.0. The SMILES string of the molecule is CNC(=O)N1CCC[C@@H](N(C(=O)NCc2[nH]nc3ccccc23)C2CC2)C1.CNC(=O)N1CCC[C@@H](N(C(=O)NCc2cc3cc(Cl)ccn3n2)C2CC2)C1. The monoisotopic (exact) mass is 774 g/mol. The van der Waals surface area contributed by atoms with Gasteiger partial charge in [-0.05, 0) is 75.6 Å². The number of likely N-dealkylation sites (tertiary alicyclic amines) is 2. The van der Waals surface area contributed by atoms with E-state index in [0.717, 1.165) is 92.3 Å². The molecule has 17 heteroatoms. The van der Waals surface area contributed by atoms with Crippen LogP contribution in [0.2, 0.25) is 5.02 Å². The fourth-order valence-corrected chi connectivity index (χ4v) is 7.95. The van der Waals surface area contributed by atoms with Crippen LogP contribution >= 0.6 is 11.6 Å². The maximum atomic E-state index is 13.0. The molecule has 4 aliphatic rings. The number of urea groups is 4. The third-order valence-electron chi connectivity index (χ3n) is 10.8. The molecule has 55 heavy (non-hydrogen) atoms. The number of benzene rings is 1. The van der Waals surface area contributed by atoms with Crippen LogP contribution in [0.25, 0.3) is 16.4 Å². The molecule has 2 aliphatic heterocycles. The number of hydrogen-bond acceptors (Lipinski definition) is 6. The minimum Gasteiger partial charge on any atom is -0.341 e. The zero-order valence-electron chi connectivity index (χ0n) is 31.5. The Hall–Kier alpha value is -5.25. The van der Waals surface area contributed by atoms with Crippen LogP contribution in [-0.4, -0.2) is 128 Å². The second-order valence-electron chi connectivity index (χ2n) is 14.8. The fourth-order valence-electron chi connectivity index (χ4n) is 7.78. The van der Waals surface area contributed by atoms with Crippen molar-refractivity contribution < 1.29 is 19.2 Å². The Morgan fingerprint density at radius 2 is 1.36 bits per heavy atom. The number of carbonyl (C=O) groups excluding carboxylic acids is 4. The first-order valence-corrected chi connectivity index (χ1v) is 19.7. The molecule has 2 aliphatic carbocycles. The molecule has 5 N–H and O–H groups in total. The van der Waals surface area contributed by atoms with Crippen LogP contribution in [0.5, 0.6) is 0 Å². The van der Waals surface area contributed by atoms with Crippen molar-refractivity contribution in [3.63, 3.8) is 0 Å². The highest BCUT2D eigenvalue weighted by Crippen LogP contribution is 2.33. The number of nitrogens with one attached hydrogen (secondary N) is 5. The van der Waals surface area contributed by atoms with Crippen LogP contribution in [-0.2, 0) is 13.1 Å². The summed E-state index contributed by atoms with van der Waals surface area (Å²) in [6.07, 6.45) is 9.60. The average Bonchev–Trinajstić information content (AvgIpc) is 4.15. The molecule has 5 heterocycles. The minimum absolute atomic E-state index is 0.0541. The molecular weight excluding hydrogens is 724 g/mol. The van der Waals surface area contributed by atoms with E-state index in [9.17, 15) is 19.2 Å².